The van der Waals surface area contributed by atoms with Gasteiger partial charge in [0.25, 0.3) is 5.89 Å². The summed E-state index contributed by atoms with van der Waals surface area (Å²) in [5, 5.41) is 4.00. The number of hydrogen-bond acceptors (Lipinski definition) is 7. The number of likely N-dealkylation sites (N-methyl/N-ethyl adjacent to an activating group) is 1. The number of pyridine rings is 1. The van der Waals surface area contributed by atoms with Crippen molar-refractivity contribution in [3.8, 4) is 11.6 Å². The molecule has 1 aliphatic rings. The van der Waals surface area contributed by atoms with Gasteiger partial charge in [0.15, 0.2) is 0 Å². The fourth-order valence-corrected chi connectivity index (χ4v) is 2.15. The molecule has 2 aromatic heterocycles. The van der Waals surface area contributed by atoms with Crippen molar-refractivity contribution in [1.29, 1.82) is 0 Å². The third-order valence-electron chi connectivity index (χ3n) is 3.33. The molecule has 106 valence electrons. The summed E-state index contributed by atoms with van der Waals surface area (Å²) in [6.45, 7) is 5.52. The molecule has 1 unspecified atom stereocenters. The van der Waals surface area contributed by atoms with Crippen LogP contribution in [0.4, 0.5) is 5.69 Å². The second kappa shape index (κ2) is 5.56. The molecule has 0 radical (unpaired) electrons. The van der Waals surface area contributed by atoms with E-state index >= 15 is 0 Å². The Bertz CT molecular complexity index is 568. The van der Waals surface area contributed by atoms with Gasteiger partial charge in [0.05, 0.1) is 18.5 Å². The number of rotatable bonds is 3. The van der Waals surface area contributed by atoms with E-state index in [0.717, 1.165) is 19.6 Å². The number of nitrogens with two attached hydrogens (primary N) is 1. The van der Waals surface area contributed by atoms with Crippen LogP contribution in [0.2, 0.25) is 0 Å². The van der Waals surface area contributed by atoms with Crippen LogP contribution in [0, 0.1) is 0 Å². The van der Waals surface area contributed by atoms with Gasteiger partial charge in [-0.05, 0) is 18.7 Å². The lowest BCUT2D eigenvalue weighted by atomic mass is 10.2. The van der Waals surface area contributed by atoms with Gasteiger partial charge in [-0.2, -0.15) is 4.98 Å². The molecular formula is C13H17N5O2. The number of anilines is 1. The van der Waals surface area contributed by atoms with Crippen molar-refractivity contribution >= 4 is 5.69 Å². The lowest BCUT2D eigenvalue weighted by Gasteiger charge is -2.30. The van der Waals surface area contributed by atoms with Gasteiger partial charge >= 0.3 is 0 Å². The van der Waals surface area contributed by atoms with Crippen molar-refractivity contribution in [3.63, 3.8) is 0 Å². The first-order chi connectivity index (χ1) is 9.76. The molecule has 3 heterocycles. The zero-order valence-corrected chi connectivity index (χ0v) is 11.3. The molecule has 1 fully saturated rings. The molecule has 2 aromatic rings. The van der Waals surface area contributed by atoms with Gasteiger partial charge < -0.3 is 15.0 Å². The van der Waals surface area contributed by atoms with Gasteiger partial charge in [0.1, 0.15) is 11.8 Å². The summed E-state index contributed by atoms with van der Waals surface area (Å²) in [6.07, 6.45) is 1.42. The van der Waals surface area contributed by atoms with E-state index in [9.17, 15) is 0 Å². The highest BCUT2D eigenvalue weighted by atomic mass is 16.5. The molecule has 1 saturated heterocycles. The van der Waals surface area contributed by atoms with E-state index in [1.807, 2.05) is 0 Å². The zero-order chi connectivity index (χ0) is 13.9. The largest absolute Gasteiger partial charge is 0.397 e. The van der Waals surface area contributed by atoms with E-state index in [2.05, 4.69) is 26.9 Å². The van der Waals surface area contributed by atoms with Crippen molar-refractivity contribution in [2.45, 2.75) is 13.0 Å². The third-order valence-corrected chi connectivity index (χ3v) is 3.33. The molecule has 2 N–H and O–H groups in total. The van der Waals surface area contributed by atoms with Gasteiger partial charge in [0, 0.05) is 13.1 Å². The fourth-order valence-electron chi connectivity index (χ4n) is 2.15. The average molecular weight is 275 g/mol. The number of nitrogens with zero attached hydrogens (tertiary/aromatic N) is 4. The van der Waals surface area contributed by atoms with Crippen LogP contribution in [0.5, 0.6) is 0 Å². The van der Waals surface area contributed by atoms with Gasteiger partial charge in [-0.3, -0.25) is 4.90 Å². The van der Waals surface area contributed by atoms with E-state index in [1.165, 1.54) is 0 Å². The van der Waals surface area contributed by atoms with Crippen LogP contribution in [0.1, 0.15) is 18.9 Å². The number of ether oxygens (including phenoxy) is 1. The first kappa shape index (κ1) is 13.0. The maximum absolute atomic E-state index is 5.70. The summed E-state index contributed by atoms with van der Waals surface area (Å²) in [5.74, 6) is 0.953. The van der Waals surface area contributed by atoms with Crippen molar-refractivity contribution in [3.05, 3.63) is 24.2 Å². The van der Waals surface area contributed by atoms with Gasteiger partial charge in [-0.15, -0.1) is 0 Å². The van der Waals surface area contributed by atoms with Gasteiger partial charge in [0.2, 0.25) is 5.82 Å². The third kappa shape index (κ3) is 2.63. The maximum Gasteiger partial charge on any atom is 0.276 e. The molecule has 0 aliphatic carbocycles. The predicted molar refractivity (Wildman–Crippen MR) is 72.7 cm³/mol. The summed E-state index contributed by atoms with van der Waals surface area (Å²) < 4.78 is 10.9. The Kier molecular flexibility index (Phi) is 3.62. The van der Waals surface area contributed by atoms with E-state index in [-0.39, 0.29) is 6.10 Å². The highest BCUT2D eigenvalue weighted by Crippen LogP contribution is 2.22. The Morgan fingerprint density at radius 1 is 1.45 bits per heavy atom. The van der Waals surface area contributed by atoms with Crippen LogP contribution in [0.25, 0.3) is 11.6 Å². The monoisotopic (exact) mass is 275 g/mol. The van der Waals surface area contributed by atoms with Crippen molar-refractivity contribution < 1.29 is 9.26 Å². The molecule has 0 saturated carbocycles. The fraction of sp³-hybridized carbons (Fsp3) is 0.462. The SMILES string of the molecule is CCN1CCOC(c2noc(-c3ccc(N)cn3)n2)C1. The molecule has 20 heavy (non-hydrogen) atoms. The summed E-state index contributed by atoms with van der Waals surface area (Å²) >= 11 is 0. The highest BCUT2D eigenvalue weighted by Gasteiger charge is 2.25. The van der Waals surface area contributed by atoms with Gasteiger partial charge in [-0.25, -0.2) is 4.98 Å². The van der Waals surface area contributed by atoms with Crippen molar-refractivity contribution in [2.75, 3.05) is 32.0 Å². The quantitative estimate of drug-likeness (QED) is 0.897. The Labute approximate surface area is 116 Å². The van der Waals surface area contributed by atoms with E-state index < -0.39 is 0 Å². The minimum atomic E-state index is -0.144. The zero-order valence-electron chi connectivity index (χ0n) is 11.3. The molecule has 0 amide bonds. The Balaban J connectivity index is 1.78. The number of hydrogen-bond donors (Lipinski definition) is 1. The minimum absolute atomic E-state index is 0.144. The predicted octanol–water partition coefficient (Wildman–Crippen LogP) is 1.11. The van der Waals surface area contributed by atoms with Crippen LogP contribution in [0.15, 0.2) is 22.9 Å². The lowest BCUT2D eigenvalue weighted by Crippen LogP contribution is -2.38. The summed E-state index contributed by atoms with van der Waals surface area (Å²) in [6, 6.07) is 3.51. The van der Waals surface area contributed by atoms with Crippen molar-refractivity contribution in [2.24, 2.45) is 0 Å². The highest BCUT2D eigenvalue weighted by molar-refractivity contribution is 5.50. The number of aromatic nitrogens is 3. The molecule has 3 rings (SSSR count). The molecule has 7 heteroatoms. The lowest BCUT2D eigenvalue weighted by molar-refractivity contribution is -0.0334. The van der Waals surface area contributed by atoms with E-state index in [1.54, 1.807) is 18.3 Å². The van der Waals surface area contributed by atoms with Crippen LogP contribution >= 0.6 is 0 Å². The molecule has 0 aromatic carbocycles. The molecule has 7 nitrogen and oxygen atoms in total. The molecule has 0 spiro atoms. The average Bonchev–Trinajstić information content (AvgIpc) is 2.98. The molecule has 1 atom stereocenters. The molecular weight excluding hydrogens is 258 g/mol. The standard InChI is InChI=1S/C13H17N5O2/c1-2-18-5-6-19-11(8-18)12-16-13(20-17-12)10-4-3-9(14)7-15-10/h3-4,7,11H,2,5-6,8,14H2,1H3. The van der Waals surface area contributed by atoms with Gasteiger partial charge in [-0.1, -0.05) is 12.1 Å². The summed E-state index contributed by atoms with van der Waals surface area (Å²) in [5.41, 5.74) is 6.81. The minimum Gasteiger partial charge on any atom is -0.397 e. The normalized spacial score (nSPS) is 20.1. The summed E-state index contributed by atoms with van der Waals surface area (Å²) in [4.78, 5) is 10.8. The second-order valence-electron chi connectivity index (χ2n) is 4.69. The Hall–Kier alpha value is -1.99. The van der Waals surface area contributed by atoms with Crippen LogP contribution < -0.4 is 5.73 Å². The van der Waals surface area contributed by atoms with Crippen LogP contribution in [-0.4, -0.2) is 46.3 Å². The smallest absolute Gasteiger partial charge is 0.276 e. The van der Waals surface area contributed by atoms with E-state index in [4.69, 9.17) is 15.0 Å². The van der Waals surface area contributed by atoms with Crippen LogP contribution in [-0.2, 0) is 4.74 Å². The Morgan fingerprint density at radius 2 is 2.35 bits per heavy atom. The summed E-state index contributed by atoms with van der Waals surface area (Å²) in [7, 11) is 0. The number of morpholine rings is 1. The second-order valence-corrected chi connectivity index (χ2v) is 4.69. The van der Waals surface area contributed by atoms with Crippen LogP contribution in [0.3, 0.4) is 0 Å². The van der Waals surface area contributed by atoms with Crippen molar-refractivity contribution in [1.82, 2.24) is 20.0 Å². The number of nitrogen functional groups attached to an aromatic ring is 1. The topological polar surface area (TPSA) is 90.3 Å². The maximum atomic E-state index is 5.70. The Morgan fingerprint density at radius 3 is 3.10 bits per heavy atom. The first-order valence-electron chi connectivity index (χ1n) is 6.65. The molecule has 0 bridgehead atoms. The molecule has 1 aliphatic heterocycles. The van der Waals surface area contributed by atoms with E-state index in [0.29, 0.717) is 29.7 Å². The first-order valence-corrected chi connectivity index (χ1v) is 6.65.